The number of nitrogens with zero attached hydrogens (tertiary/aromatic N) is 2. The molecule has 2 N–H and O–H groups in total. The average Bonchev–Trinajstić information content (AvgIpc) is 2.25. The first-order chi connectivity index (χ1) is 7.54. The number of urea groups is 1. The fraction of sp³-hybridized carbons (Fsp3) is 0.500. The van der Waals surface area contributed by atoms with Gasteiger partial charge >= 0.3 is 6.03 Å². The molecule has 0 spiro atoms. The lowest BCUT2D eigenvalue weighted by Gasteiger charge is -2.22. The summed E-state index contributed by atoms with van der Waals surface area (Å²) in [7, 11) is 0. The van der Waals surface area contributed by atoms with Gasteiger partial charge in [0.05, 0.1) is 0 Å². The van der Waals surface area contributed by atoms with Crippen LogP contribution in [0.1, 0.15) is 13.8 Å². The number of carbonyl (C=O) groups excluding carboxylic acids is 2. The van der Waals surface area contributed by atoms with Crippen LogP contribution in [0.25, 0.3) is 0 Å². The van der Waals surface area contributed by atoms with Crippen LogP contribution in [0.15, 0.2) is 17.6 Å². The van der Waals surface area contributed by atoms with Crippen molar-refractivity contribution < 1.29 is 14.7 Å². The van der Waals surface area contributed by atoms with E-state index in [2.05, 4.69) is 16.9 Å². The van der Waals surface area contributed by atoms with Crippen LogP contribution in [0.5, 0.6) is 0 Å². The van der Waals surface area contributed by atoms with E-state index in [1.165, 1.54) is 6.21 Å². The standard InChI is InChI=1S/C10H17N3O3/c1-4-9(15)12-8(3)6-13(7-14)10(16)11-5-2/h4-5,8,14H,1,6-7H2,2-3H3,(H,12,15). The molecule has 0 aliphatic carbocycles. The van der Waals surface area contributed by atoms with E-state index in [0.717, 1.165) is 11.0 Å². The second kappa shape index (κ2) is 7.58. The molecule has 0 aromatic heterocycles. The summed E-state index contributed by atoms with van der Waals surface area (Å²) in [5.41, 5.74) is 0. The van der Waals surface area contributed by atoms with Crippen LogP contribution in [0.3, 0.4) is 0 Å². The molecule has 1 atom stereocenters. The second-order valence-corrected chi connectivity index (χ2v) is 3.15. The van der Waals surface area contributed by atoms with Gasteiger partial charge in [-0.3, -0.25) is 9.69 Å². The molecule has 6 heteroatoms. The largest absolute Gasteiger partial charge is 0.376 e. The number of aliphatic hydroxyl groups is 1. The Morgan fingerprint density at radius 2 is 2.25 bits per heavy atom. The Labute approximate surface area is 94.7 Å². The van der Waals surface area contributed by atoms with Crippen LogP contribution >= 0.6 is 0 Å². The van der Waals surface area contributed by atoms with E-state index in [1.807, 2.05) is 0 Å². The van der Waals surface area contributed by atoms with Gasteiger partial charge in [-0.05, 0) is 19.9 Å². The average molecular weight is 227 g/mol. The number of hydrogen-bond donors (Lipinski definition) is 2. The molecule has 0 aliphatic heterocycles. The van der Waals surface area contributed by atoms with Crippen LogP contribution in [0.2, 0.25) is 0 Å². The van der Waals surface area contributed by atoms with Crippen molar-refractivity contribution in [2.45, 2.75) is 19.9 Å². The smallest absolute Gasteiger partial charge is 0.345 e. The number of hydrogen-bond acceptors (Lipinski definition) is 3. The Morgan fingerprint density at radius 1 is 1.62 bits per heavy atom. The molecule has 0 bridgehead atoms. The first kappa shape index (κ1) is 14.3. The fourth-order valence-corrected chi connectivity index (χ4v) is 1.07. The molecule has 0 saturated carbocycles. The third kappa shape index (κ3) is 5.26. The highest BCUT2D eigenvalue weighted by Gasteiger charge is 2.14. The molecule has 90 valence electrons. The van der Waals surface area contributed by atoms with Crippen molar-refractivity contribution in [3.8, 4) is 0 Å². The van der Waals surface area contributed by atoms with Crippen molar-refractivity contribution in [3.63, 3.8) is 0 Å². The van der Waals surface area contributed by atoms with E-state index >= 15 is 0 Å². The molecule has 1 unspecified atom stereocenters. The number of nitrogens with one attached hydrogen (secondary N) is 1. The first-order valence-electron chi connectivity index (χ1n) is 4.86. The summed E-state index contributed by atoms with van der Waals surface area (Å²) in [5.74, 6) is -0.322. The van der Waals surface area contributed by atoms with Crippen molar-refractivity contribution in [1.29, 1.82) is 0 Å². The van der Waals surface area contributed by atoms with Crippen LogP contribution in [-0.2, 0) is 4.79 Å². The summed E-state index contributed by atoms with van der Waals surface area (Å²) in [6.07, 6.45) is 2.49. The maximum absolute atomic E-state index is 11.3. The quantitative estimate of drug-likeness (QED) is 0.398. The van der Waals surface area contributed by atoms with Crippen molar-refractivity contribution in [2.24, 2.45) is 4.99 Å². The van der Waals surface area contributed by atoms with Gasteiger partial charge in [0, 0.05) is 18.8 Å². The van der Waals surface area contributed by atoms with Crippen LogP contribution in [0, 0.1) is 0 Å². The molecule has 0 aromatic carbocycles. The molecule has 0 heterocycles. The first-order valence-corrected chi connectivity index (χ1v) is 4.86. The minimum absolute atomic E-state index is 0.187. The summed E-state index contributed by atoms with van der Waals surface area (Å²) in [6.45, 7) is 6.38. The molecule has 0 aliphatic rings. The Bertz CT molecular complexity index is 289. The van der Waals surface area contributed by atoms with E-state index in [0.29, 0.717) is 0 Å². The van der Waals surface area contributed by atoms with Gasteiger partial charge in [-0.15, -0.1) is 0 Å². The normalized spacial score (nSPS) is 12.2. The van der Waals surface area contributed by atoms with Crippen molar-refractivity contribution in [2.75, 3.05) is 13.3 Å². The Hall–Kier alpha value is -1.69. The van der Waals surface area contributed by atoms with E-state index in [1.54, 1.807) is 13.8 Å². The van der Waals surface area contributed by atoms with Crippen molar-refractivity contribution >= 4 is 18.2 Å². The highest BCUT2D eigenvalue weighted by atomic mass is 16.3. The van der Waals surface area contributed by atoms with Gasteiger partial charge in [-0.2, -0.15) is 0 Å². The number of rotatable bonds is 5. The monoisotopic (exact) mass is 227 g/mol. The predicted molar refractivity (Wildman–Crippen MR) is 61.2 cm³/mol. The molecular formula is C10H17N3O3. The molecule has 0 fully saturated rings. The Balaban J connectivity index is 4.26. The van der Waals surface area contributed by atoms with Gasteiger partial charge in [0.25, 0.3) is 0 Å². The van der Waals surface area contributed by atoms with Crippen LogP contribution < -0.4 is 5.32 Å². The van der Waals surface area contributed by atoms with E-state index in [4.69, 9.17) is 5.11 Å². The fourth-order valence-electron chi connectivity index (χ4n) is 1.07. The van der Waals surface area contributed by atoms with Gasteiger partial charge in [0.15, 0.2) is 0 Å². The van der Waals surface area contributed by atoms with E-state index in [9.17, 15) is 9.59 Å². The van der Waals surface area contributed by atoms with Gasteiger partial charge < -0.3 is 10.4 Å². The van der Waals surface area contributed by atoms with Crippen LogP contribution in [0.4, 0.5) is 4.79 Å². The van der Waals surface area contributed by atoms with Gasteiger partial charge in [-0.1, -0.05) is 6.58 Å². The van der Waals surface area contributed by atoms with Gasteiger partial charge in [0.2, 0.25) is 5.91 Å². The van der Waals surface area contributed by atoms with Gasteiger partial charge in [-0.25, -0.2) is 9.79 Å². The zero-order chi connectivity index (χ0) is 12.6. The minimum atomic E-state index is -0.537. The number of aliphatic hydroxyl groups excluding tert-OH is 1. The maximum Gasteiger partial charge on any atom is 0.345 e. The summed E-state index contributed by atoms with van der Waals surface area (Å²) >= 11 is 0. The Kier molecular flexibility index (Phi) is 6.78. The number of carbonyl (C=O) groups is 2. The highest BCUT2D eigenvalue weighted by Crippen LogP contribution is 1.95. The second-order valence-electron chi connectivity index (χ2n) is 3.15. The lowest BCUT2D eigenvalue weighted by atomic mass is 10.3. The molecule has 16 heavy (non-hydrogen) atoms. The number of aliphatic imine (C=N–C) groups is 1. The summed E-state index contributed by atoms with van der Waals surface area (Å²) < 4.78 is 0. The van der Waals surface area contributed by atoms with Crippen LogP contribution in [-0.4, -0.2) is 47.5 Å². The van der Waals surface area contributed by atoms with E-state index in [-0.39, 0.29) is 18.5 Å². The summed E-state index contributed by atoms with van der Waals surface area (Å²) in [6, 6.07) is -0.821. The highest BCUT2D eigenvalue weighted by molar-refractivity contribution is 5.87. The molecule has 0 radical (unpaired) electrons. The lowest BCUT2D eigenvalue weighted by Crippen LogP contribution is -2.43. The predicted octanol–water partition coefficient (Wildman–Crippen LogP) is 0.140. The van der Waals surface area contributed by atoms with Crippen molar-refractivity contribution in [1.82, 2.24) is 10.2 Å². The summed E-state index contributed by atoms with van der Waals surface area (Å²) in [5, 5.41) is 11.5. The molecule has 0 rings (SSSR count). The molecule has 3 amide bonds. The SMILES string of the molecule is C=CC(=O)NC(C)CN(CO)C(=O)N=CC. The zero-order valence-electron chi connectivity index (χ0n) is 9.51. The topological polar surface area (TPSA) is 82.0 Å². The minimum Gasteiger partial charge on any atom is -0.376 e. The van der Waals surface area contributed by atoms with E-state index < -0.39 is 12.8 Å². The van der Waals surface area contributed by atoms with Crippen molar-refractivity contribution in [3.05, 3.63) is 12.7 Å². The molecular weight excluding hydrogens is 210 g/mol. The Morgan fingerprint density at radius 3 is 2.69 bits per heavy atom. The molecule has 6 nitrogen and oxygen atoms in total. The third-order valence-corrected chi connectivity index (χ3v) is 1.75. The maximum atomic E-state index is 11.3. The lowest BCUT2D eigenvalue weighted by molar-refractivity contribution is -0.117. The molecule has 0 saturated heterocycles. The zero-order valence-corrected chi connectivity index (χ0v) is 9.51. The molecule has 0 aromatic rings. The summed E-state index contributed by atoms with van der Waals surface area (Å²) in [4.78, 5) is 26.9. The third-order valence-electron chi connectivity index (χ3n) is 1.75. The van der Waals surface area contributed by atoms with Gasteiger partial charge in [0.1, 0.15) is 6.73 Å². The number of amides is 3.